The molecule has 1 amide bonds. The summed E-state index contributed by atoms with van der Waals surface area (Å²) in [4.78, 5) is 11.3. The van der Waals surface area contributed by atoms with Gasteiger partial charge in [0.15, 0.2) is 18.2 Å². The molecule has 2 aliphatic rings. The van der Waals surface area contributed by atoms with Crippen molar-refractivity contribution in [1.29, 1.82) is 0 Å². The Morgan fingerprint density at radius 2 is 2.11 bits per heavy atom. The van der Waals surface area contributed by atoms with Crippen molar-refractivity contribution in [3.05, 3.63) is 23.5 Å². The minimum atomic E-state index is -0.388. The van der Waals surface area contributed by atoms with Crippen molar-refractivity contribution >= 4 is 11.6 Å². The Balaban J connectivity index is 1.80. The number of fused-ring (bicyclic) bond motifs is 1. The largest absolute Gasteiger partial charge is 0.478 e. The Bertz CT molecular complexity index is 498. The second kappa shape index (κ2) is 5.17. The second-order valence-corrected chi connectivity index (χ2v) is 5.19. The van der Waals surface area contributed by atoms with Crippen LogP contribution in [0.15, 0.2) is 12.1 Å². The number of benzene rings is 1. The molecule has 102 valence electrons. The number of carbonyl (C=O) groups excluding carboxylic acids is 1. The van der Waals surface area contributed by atoms with E-state index in [1.165, 1.54) is 6.07 Å². The van der Waals surface area contributed by atoms with Gasteiger partial charge in [-0.15, -0.1) is 0 Å². The van der Waals surface area contributed by atoms with Crippen molar-refractivity contribution in [2.75, 3.05) is 25.0 Å². The van der Waals surface area contributed by atoms with E-state index in [4.69, 9.17) is 4.74 Å². The van der Waals surface area contributed by atoms with E-state index in [0.29, 0.717) is 11.6 Å². The summed E-state index contributed by atoms with van der Waals surface area (Å²) in [6.45, 7) is 1.94. The average molecular weight is 264 g/mol. The van der Waals surface area contributed by atoms with Gasteiger partial charge in [0.2, 0.25) is 0 Å². The number of carbonyl (C=O) groups is 1. The molecule has 2 aliphatic heterocycles. The highest BCUT2D eigenvalue weighted by Crippen LogP contribution is 2.33. The first kappa shape index (κ1) is 12.4. The fourth-order valence-electron chi connectivity index (χ4n) is 2.75. The third kappa shape index (κ3) is 2.71. The molecule has 0 aromatic heterocycles. The molecule has 1 saturated heterocycles. The monoisotopic (exact) mass is 264 g/mol. The van der Waals surface area contributed by atoms with Crippen LogP contribution in [0, 0.1) is 11.7 Å². The molecule has 2 N–H and O–H groups in total. The van der Waals surface area contributed by atoms with E-state index in [-0.39, 0.29) is 24.1 Å². The van der Waals surface area contributed by atoms with Crippen LogP contribution in [0.4, 0.5) is 10.1 Å². The number of ether oxygens (including phenoxy) is 1. The number of halogens is 1. The molecule has 0 saturated carbocycles. The fraction of sp³-hybridized carbons (Fsp3) is 0.500. The first-order valence-corrected chi connectivity index (χ1v) is 6.68. The summed E-state index contributed by atoms with van der Waals surface area (Å²) in [7, 11) is 0. The van der Waals surface area contributed by atoms with E-state index in [0.717, 1.165) is 37.9 Å². The van der Waals surface area contributed by atoms with Gasteiger partial charge in [0, 0.05) is 0 Å². The molecule has 4 nitrogen and oxygen atoms in total. The summed E-state index contributed by atoms with van der Waals surface area (Å²) in [5.41, 5.74) is 1.38. The third-order valence-corrected chi connectivity index (χ3v) is 3.71. The Labute approximate surface area is 111 Å². The molecular weight excluding hydrogens is 247 g/mol. The zero-order chi connectivity index (χ0) is 13.2. The summed E-state index contributed by atoms with van der Waals surface area (Å²) >= 11 is 0. The molecule has 0 bridgehead atoms. The van der Waals surface area contributed by atoms with Crippen molar-refractivity contribution < 1.29 is 13.9 Å². The van der Waals surface area contributed by atoms with Crippen LogP contribution < -0.4 is 15.4 Å². The normalized spacial score (nSPS) is 19.5. The van der Waals surface area contributed by atoms with E-state index in [1.54, 1.807) is 0 Å². The number of amides is 1. The van der Waals surface area contributed by atoms with Gasteiger partial charge in [-0.25, -0.2) is 4.39 Å². The van der Waals surface area contributed by atoms with Crippen molar-refractivity contribution in [1.82, 2.24) is 5.32 Å². The highest BCUT2D eigenvalue weighted by molar-refractivity contribution is 5.95. The lowest BCUT2D eigenvalue weighted by Gasteiger charge is -2.24. The maximum absolute atomic E-state index is 13.9. The molecule has 0 spiro atoms. The van der Waals surface area contributed by atoms with Crippen LogP contribution in [0.5, 0.6) is 5.75 Å². The number of piperidine rings is 1. The first-order valence-electron chi connectivity index (χ1n) is 6.68. The number of rotatable bonds is 2. The molecule has 2 heterocycles. The topological polar surface area (TPSA) is 50.4 Å². The maximum Gasteiger partial charge on any atom is 0.262 e. The van der Waals surface area contributed by atoms with Crippen molar-refractivity contribution in [2.45, 2.75) is 19.3 Å². The molecule has 3 rings (SSSR count). The number of anilines is 1. The van der Waals surface area contributed by atoms with E-state index in [2.05, 4.69) is 10.6 Å². The van der Waals surface area contributed by atoms with Crippen molar-refractivity contribution in [3.8, 4) is 5.75 Å². The lowest BCUT2D eigenvalue weighted by Crippen LogP contribution is -2.29. The Morgan fingerprint density at radius 1 is 1.32 bits per heavy atom. The van der Waals surface area contributed by atoms with Crippen LogP contribution in [0.25, 0.3) is 0 Å². The van der Waals surface area contributed by atoms with Gasteiger partial charge in [0.05, 0.1) is 5.69 Å². The molecule has 19 heavy (non-hydrogen) atoms. The molecule has 0 aliphatic carbocycles. The smallest absolute Gasteiger partial charge is 0.262 e. The van der Waals surface area contributed by atoms with Crippen LogP contribution in [-0.4, -0.2) is 25.6 Å². The van der Waals surface area contributed by atoms with Gasteiger partial charge in [-0.05, 0) is 56.0 Å². The molecule has 1 aromatic carbocycles. The standard InChI is InChI=1S/C14H17FN2O2/c15-11-6-10(5-9-1-3-16-4-2-9)7-12-14(11)19-8-13(18)17-12/h6-7,9,16H,1-5,8H2,(H,17,18). The molecule has 5 heteroatoms. The fourth-order valence-corrected chi connectivity index (χ4v) is 2.75. The number of hydrogen-bond donors (Lipinski definition) is 2. The average Bonchev–Trinajstić information content (AvgIpc) is 2.39. The van der Waals surface area contributed by atoms with Crippen molar-refractivity contribution in [3.63, 3.8) is 0 Å². The minimum Gasteiger partial charge on any atom is -0.478 e. The lowest BCUT2D eigenvalue weighted by molar-refractivity contribution is -0.118. The zero-order valence-electron chi connectivity index (χ0n) is 10.7. The predicted molar refractivity (Wildman–Crippen MR) is 69.8 cm³/mol. The summed E-state index contributed by atoms with van der Waals surface area (Å²) in [6, 6.07) is 3.36. The van der Waals surface area contributed by atoms with Crippen LogP contribution in [0.1, 0.15) is 18.4 Å². The predicted octanol–water partition coefficient (Wildman–Crippen LogP) is 1.70. The molecule has 1 fully saturated rings. The highest BCUT2D eigenvalue weighted by atomic mass is 19.1. The maximum atomic E-state index is 13.9. The van der Waals surface area contributed by atoms with Gasteiger partial charge < -0.3 is 15.4 Å². The quantitative estimate of drug-likeness (QED) is 0.854. The van der Waals surface area contributed by atoms with Crippen molar-refractivity contribution in [2.24, 2.45) is 5.92 Å². The molecule has 1 aromatic rings. The van der Waals surface area contributed by atoms with Gasteiger partial charge in [-0.2, -0.15) is 0 Å². The summed E-state index contributed by atoms with van der Waals surface area (Å²) in [6.07, 6.45) is 3.07. The molecular formula is C14H17FN2O2. The Kier molecular flexibility index (Phi) is 3.38. The van der Waals surface area contributed by atoms with Gasteiger partial charge in [-0.3, -0.25) is 4.79 Å². The Morgan fingerprint density at radius 3 is 2.89 bits per heavy atom. The lowest BCUT2D eigenvalue weighted by atomic mass is 9.90. The summed E-state index contributed by atoms with van der Waals surface area (Å²) < 4.78 is 19.0. The SMILES string of the molecule is O=C1COc2c(F)cc(CC3CCNCC3)cc2N1. The summed E-state index contributed by atoms with van der Waals surface area (Å²) in [5, 5.41) is 5.98. The van der Waals surface area contributed by atoms with Crippen LogP contribution in [0.3, 0.4) is 0 Å². The molecule has 0 radical (unpaired) electrons. The number of nitrogens with one attached hydrogen (secondary N) is 2. The first-order chi connectivity index (χ1) is 9.22. The van der Waals surface area contributed by atoms with Gasteiger partial charge in [0.25, 0.3) is 5.91 Å². The van der Waals surface area contributed by atoms with Gasteiger partial charge in [-0.1, -0.05) is 0 Å². The minimum absolute atomic E-state index is 0.114. The summed E-state index contributed by atoms with van der Waals surface area (Å²) in [5.74, 6) is 0.125. The van der Waals surface area contributed by atoms with Crippen LogP contribution >= 0.6 is 0 Å². The molecule has 0 atom stereocenters. The van der Waals surface area contributed by atoms with E-state index in [1.807, 2.05) is 6.07 Å². The van der Waals surface area contributed by atoms with Crippen LogP contribution in [-0.2, 0) is 11.2 Å². The van der Waals surface area contributed by atoms with Crippen LogP contribution in [0.2, 0.25) is 0 Å². The highest BCUT2D eigenvalue weighted by Gasteiger charge is 2.22. The zero-order valence-corrected chi connectivity index (χ0v) is 10.7. The van der Waals surface area contributed by atoms with Gasteiger partial charge >= 0.3 is 0 Å². The van der Waals surface area contributed by atoms with E-state index >= 15 is 0 Å². The van der Waals surface area contributed by atoms with E-state index < -0.39 is 0 Å². The number of hydrogen-bond acceptors (Lipinski definition) is 3. The molecule has 0 unspecified atom stereocenters. The third-order valence-electron chi connectivity index (χ3n) is 3.71. The van der Waals surface area contributed by atoms with E-state index in [9.17, 15) is 9.18 Å². The Hall–Kier alpha value is -1.62. The second-order valence-electron chi connectivity index (χ2n) is 5.19. The van der Waals surface area contributed by atoms with Gasteiger partial charge in [0.1, 0.15) is 0 Å².